The van der Waals surface area contributed by atoms with Gasteiger partial charge < -0.3 is 15.0 Å². The highest BCUT2D eigenvalue weighted by atomic mass is 16.6. The van der Waals surface area contributed by atoms with E-state index >= 15 is 0 Å². The SMILES string of the molecule is CC1=C(C(=O)N2CCOCC2)[C@H](c2ccc([N+](=O)[O-])cc2)C2=C(CCCC2=O)N1. The predicted molar refractivity (Wildman–Crippen MR) is 105 cm³/mol. The van der Waals surface area contributed by atoms with Crippen molar-refractivity contribution < 1.29 is 19.2 Å². The molecule has 1 aromatic carbocycles. The average molecular weight is 397 g/mol. The number of benzene rings is 1. The van der Waals surface area contributed by atoms with E-state index in [0.29, 0.717) is 43.9 Å². The van der Waals surface area contributed by atoms with E-state index < -0.39 is 10.8 Å². The quantitative estimate of drug-likeness (QED) is 0.621. The Hall–Kier alpha value is -3.00. The van der Waals surface area contributed by atoms with Crippen LogP contribution in [0.15, 0.2) is 46.8 Å². The van der Waals surface area contributed by atoms with Gasteiger partial charge in [-0.1, -0.05) is 12.1 Å². The summed E-state index contributed by atoms with van der Waals surface area (Å²) in [6, 6.07) is 6.16. The van der Waals surface area contributed by atoms with Gasteiger partial charge in [0.1, 0.15) is 0 Å². The number of carbonyl (C=O) groups excluding carboxylic acids is 2. The fourth-order valence-corrected chi connectivity index (χ4v) is 4.33. The van der Waals surface area contributed by atoms with Crippen LogP contribution in [0.5, 0.6) is 0 Å². The van der Waals surface area contributed by atoms with Gasteiger partial charge >= 0.3 is 0 Å². The lowest BCUT2D eigenvalue weighted by atomic mass is 9.75. The van der Waals surface area contributed by atoms with Crippen molar-refractivity contribution in [2.75, 3.05) is 26.3 Å². The molecule has 1 atom stereocenters. The molecule has 1 N–H and O–H groups in total. The second kappa shape index (κ2) is 7.79. The topological polar surface area (TPSA) is 102 Å². The van der Waals surface area contributed by atoms with Crippen LogP contribution in [-0.4, -0.2) is 47.8 Å². The summed E-state index contributed by atoms with van der Waals surface area (Å²) in [5.74, 6) is -0.608. The van der Waals surface area contributed by atoms with Crippen LogP contribution in [0.3, 0.4) is 0 Å². The van der Waals surface area contributed by atoms with Crippen molar-refractivity contribution >= 4 is 17.4 Å². The van der Waals surface area contributed by atoms with Crippen molar-refractivity contribution in [2.24, 2.45) is 0 Å². The highest BCUT2D eigenvalue weighted by Gasteiger charge is 2.40. The molecule has 0 saturated carbocycles. The van der Waals surface area contributed by atoms with Crippen molar-refractivity contribution in [1.29, 1.82) is 0 Å². The summed E-state index contributed by atoms with van der Waals surface area (Å²) >= 11 is 0. The molecule has 0 bridgehead atoms. The normalized spacial score (nSPS) is 22.3. The minimum Gasteiger partial charge on any atom is -0.378 e. The van der Waals surface area contributed by atoms with Gasteiger partial charge in [0.05, 0.1) is 18.1 Å². The second-order valence-corrected chi connectivity index (χ2v) is 7.52. The molecule has 4 rings (SSSR count). The maximum Gasteiger partial charge on any atom is 0.269 e. The number of nitrogens with zero attached hydrogens (tertiary/aromatic N) is 2. The zero-order valence-electron chi connectivity index (χ0n) is 16.3. The summed E-state index contributed by atoms with van der Waals surface area (Å²) in [6.07, 6.45) is 1.97. The molecular formula is C21H23N3O5. The summed E-state index contributed by atoms with van der Waals surface area (Å²) in [5.41, 5.74) is 3.45. The van der Waals surface area contributed by atoms with E-state index in [9.17, 15) is 19.7 Å². The van der Waals surface area contributed by atoms with E-state index in [4.69, 9.17) is 4.74 Å². The predicted octanol–water partition coefficient (Wildman–Crippen LogP) is 2.42. The Kier molecular flexibility index (Phi) is 5.19. The molecule has 1 fully saturated rings. The van der Waals surface area contributed by atoms with E-state index in [2.05, 4.69) is 5.32 Å². The van der Waals surface area contributed by atoms with Crippen LogP contribution in [0, 0.1) is 10.1 Å². The number of non-ortho nitro benzene ring substituents is 1. The minimum absolute atomic E-state index is 0.0198. The van der Waals surface area contributed by atoms with Crippen molar-refractivity contribution in [3.63, 3.8) is 0 Å². The molecule has 2 aliphatic heterocycles. The van der Waals surface area contributed by atoms with Crippen molar-refractivity contribution in [1.82, 2.24) is 10.2 Å². The number of nitrogens with one attached hydrogen (secondary N) is 1. The highest BCUT2D eigenvalue weighted by molar-refractivity contribution is 6.05. The molecule has 0 aromatic heterocycles. The van der Waals surface area contributed by atoms with E-state index in [1.807, 2.05) is 6.92 Å². The summed E-state index contributed by atoms with van der Waals surface area (Å²) in [7, 11) is 0. The van der Waals surface area contributed by atoms with Crippen molar-refractivity contribution in [2.45, 2.75) is 32.1 Å². The summed E-state index contributed by atoms with van der Waals surface area (Å²) in [5, 5.41) is 14.3. The number of hydrogen-bond donors (Lipinski definition) is 1. The number of ketones is 1. The molecular weight excluding hydrogens is 374 g/mol. The molecule has 1 amide bonds. The molecule has 8 heteroatoms. The maximum absolute atomic E-state index is 13.4. The first-order valence-electron chi connectivity index (χ1n) is 9.82. The largest absolute Gasteiger partial charge is 0.378 e. The van der Waals surface area contributed by atoms with Gasteiger partial charge in [-0.15, -0.1) is 0 Å². The molecule has 0 radical (unpaired) electrons. The summed E-state index contributed by atoms with van der Waals surface area (Å²) in [6.45, 7) is 3.83. The number of rotatable bonds is 3. The number of amides is 1. The maximum atomic E-state index is 13.4. The van der Waals surface area contributed by atoms with Gasteiger partial charge in [-0.2, -0.15) is 0 Å². The second-order valence-electron chi connectivity index (χ2n) is 7.52. The first kappa shape index (κ1) is 19.3. The third-order valence-corrected chi connectivity index (χ3v) is 5.74. The van der Waals surface area contributed by atoms with Crippen LogP contribution >= 0.6 is 0 Å². The fraction of sp³-hybridized carbons (Fsp3) is 0.429. The molecule has 1 aromatic rings. The molecule has 1 saturated heterocycles. The van der Waals surface area contributed by atoms with Gasteiger partial charge in [0.2, 0.25) is 0 Å². The van der Waals surface area contributed by atoms with Gasteiger partial charge in [-0.25, -0.2) is 0 Å². The molecule has 152 valence electrons. The van der Waals surface area contributed by atoms with Gasteiger partial charge in [0.25, 0.3) is 11.6 Å². The fourth-order valence-electron chi connectivity index (χ4n) is 4.33. The Morgan fingerprint density at radius 1 is 1.21 bits per heavy atom. The molecule has 29 heavy (non-hydrogen) atoms. The van der Waals surface area contributed by atoms with Crippen LogP contribution in [0.2, 0.25) is 0 Å². The Balaban J connectivity index is 1.80. The summed E-state index contributed by atoms with van der Waals surface area (Å²) < 4.78 is 5.36. The van der Waals surface area contributed by atoms with Crippen LogP contribution < -0.4 is 5.32 Å². The smallest absolute Gasteiger partial charge is 0.269 e. The lowest BCUT2D eigenvalue weighted by Gasteiger charge is -2.37. The van der Waals surface area contributed by atoms with Crippen LogP contribution in [0.1, 0.15) is 37.7 Å². The summed E-state index contributed by atoms with van der Waals surface area (Å²) in [4.78, 5) is 38.6. The number of ether oxygens (including phenoxy) is 1. The van der Waals surface area contributed by atoms with Crippen molar-refractivity contribution in [3.8, 4) is 0 Å². The Labute approximate surface area is 168 Å². The third-order valence-electron chi connectivity index (χ3n) is 5.74. The van der Waals surface area contributed by atoms with Gasteiger partial charge in [-0.05, 0) is 25.3 Å². The highest BCUT2D eigenvalue weighted by Crippen LogP contribution is 2.43. The Morgan fingerprint density at radius 2 is 1.90 bits per heavy atom. The number of Topliss-reactive ketones (excluding diaryl/α,β-unsaturated/α-hetero) is 1. The number of carbonyl (C=O) groups is 2. The average Bonchev–Trinajstić information content (AvgIpc) is 2.73. The number of dihydropyridines is 1. The molecule has 2 heterocycles. The molecule has 0 spiro atoms. The van der Waals surface area contributed by atoms with Crippen molar-refractivity contribution in [3.05, 3.63) is 62.5 Å². The van der Waals surface area contributed by atoms with E-state index in [1.165, 1.54) is 12.1 Å². The monoisotopic (exact) mass is 397 g/mol. The van der Waals surface area contributed by atoms with Crippen LogP contribution in [0.25, 0.3) is 0 Å². The van der Waals surface area contributed by atoms with E-state index in [0.717, 1.165) is 29.8 Å². The lowest BCUT2D eigenvalue weighted by molar-refractivity contribution is -0.384. The van der Waals surface area contributed by atoms with Gasteiger partial charge in [-0.3, -0.25) is 19.7 Å². The number of morpholine rings is 1. The minimum atomic E-state index is -0.518. The zero-order chi connectivity index (χ0) is 20.5. The first-order valence-corrected chi connectivity index (χ1v) is 9.82. The van der Waals surface area contributed by atoms with Gasteiger partial charge in [0, 0.05) is 60.1 Å². The van der Waals surface area contributed by atoms with Crippen LogP contribution in [0.4, 0.5) is 5.69 Å². The van der Waals surface area contributed by atoms with E-state index in [-0.39, 0.29) is 17.4 Å². The molecule has 1 aliphatic carbocycles. The standard InChI is InChI=1S/C21H23N3O5/c1-13-18(21(26)23-9-11-29-12-10-23)19(14-5-7-15(8-6-14)24(27)28)20-16(22-13)3-2-4-17(20)25/h5-8,19,22H,2-4,9-12H2,1H3/t19-/m0/s1. The molecule has 8 nitrogen and oxygen atoms in total. The number of hydrogen-bond acceptors (Lipinski definition) is 6. The lowest BCUT2D eigenvalue weighted by Crippen LogP contribution is -2.44. The van der Waals surface area contributed by atoms with Crippen LogP contribution in [-0.2, 0) is 14.3 Å². The Bertz CT molecular complexity index is 926. The third kappa shape index (κ3) is 3.55. The zero-order valence-corrected chi connectivity index (χ0v) is 16.3. The van der Waals surface area contributed by atoms with E-state index in [1.54, 1.807) is 17.0 Å². The number of allylic oxidation sites excluding steroid dienone is 3. The molecule has 0 unspecified atom stereocenters. The van der Waals surface area contributed by atoms with Gasteiger partial charge in [0.15, 0.2) is 5.78 Å². The Morgan fingerprint density at radius 3 is 2.55 bits per heavy atom. The first-order chi connectivity index (χ1) is 14.0. The number of nitro benzene ring substituents is 1. The molecule has 3 aliphatic rings. The number of nitro groups is 1.